The molecule has 8 heteroatoms. The number of carbonyl (C=O) groups is 2. The molecule has 0 aliphatic heterocycles. The number of aromatic amines is 1. The Morgan fingerprint density at radius 1 is 0.829 bits per heavy atom. The summed E-state index contributed by atoms with van der Waals surface area (Å²) in [7, 11) is 0. The minimum atomic E-state index is -1.24. The zero-order valence-corrected chi connectivity index (χ0v) is 20.1. The fraction of sp³-hybridized carbons (Fsp3) is 0.111. The lowest BCUT2D eigenvalue weighted by Gasteiger charge is -2.32. The normalized spacial score (nSPS) is 12.5. The summed E-state index contributed by atoms with van der Waals surface area (Å²) in [5.41, 5.74) is -1.40. The van der Waals surface area contributed by atoms with E-state index in [1.165, 1.54) is 18.2 Å². The first-order valence-electron chi connectivity index (χ1n) is 10.8. The Kier molecular flexibility index (Phi) is 7.22. The molecule has 1 atom stereocenters. The van der Waals surface area contributed by atoms with Gasteiger partial charge in [-0.25, -0.2) is 9.59 Å². The van der Waals surface area contributed by atoms with E-state index in [2.05, 4.69) is 20.9 Å². The quantitative estimate of drug-likeness (QED) is 0.287. The molecule has 1 unspecified atom stereocenters. The molecular formula is C27H21BrN2O5. The van der Waals surface area contributed by atoms with Crippen molar-refractivity contribution in [3.05, 3.63) is 140 Å². The van der Waals surface area contributed by atoms with Crippen molar-refractivity contribution in [2.75, 3.05) is 5.33 Å². The first kappa shape index (κ1) is 24.1. The molecule has 0 aliphatic carbocycles. The Labute approximate surface area is 209 Å². The summed E-state index contributed by atoms with van der Waals surface area (Å²) in [5.74, 6) is -1.28. The number of rotatable bonds is 7. The highest BCUT2D eigenvalue weighted by Gasteiger charge is 2.37. The van der Waals surface area contributed by atoms with Crippen LogP contribution in [0.15, 0.2) is 107 Å². The number of H-pyrrole nitrogens is 1. The highest BCUT2D eigenvalue weighted by molar-refractivity contribution is 9.09. The Balaban J connectivity index is 1.73. The Hall–Kier alpha value is -4.04. The van der Waals surface area contributed by atoms with Gasteiger partial charge in [0.25, 0.3) is 11.5 Å². The molecule has 0 bridgehead atoms. The molecule has 35 heavy (non-hydrogen) atoms. The first-order chi connectivity index (χ1) is 16.9. The molecule has 1 N–H and O–H groups in total. The van der Waals surface area contributed by atoms with Gasteiger partial charge >= 0.3 is 11.7 Å². The van der Waals surface area contributed by atoms with Gasteiger partial charge < -0.3 is 9.72 Å². The molecule has 0 saturated carbocycles. The molecule has 1 aromatic heterocycles. The number of alkyl halides is 1. The molecule has 7 nitrogen and oxygen atoms in total. The van der Waals surface area contributed by atoms with E-state index < -0.39 is 28.7 Å². The topological polar surface area (TPSA) is 98.2 Å². The average Bonchev–Trinajstić information content (AvgIpc) is 2.89. The Bertz CT molecular complexity index is 1420. The summed E-state index contributed by atoms with van der Waals surface area (Å²) < 4.78 is 6.56. The second-order valence-corrected chi connectivity index (χ2v) is 8.43. The van der Waals surface area contributed by atoms with Crippen molar-refractivity contribution in [2.24, 2.45) is 0 Å². The van der Waals surface area contributed by atoms with Crippen LogP contribution in [-0.2, 0) is 16.8 Å². The summed E-state index contributed by atoms with van der Waals surface area (Å²) in [4.78, 5) is 54.0. The molecular weight excluding hydrogens is 512 g/mol. The first-order valence-corrected chi connectivity index (χ1v) is 11.9. The number of hydrogen-bond donors (Lipinski definition) is 1. The lowest BCUT2D eigenvalue weighted by molar-refractivity contribution is -0.00943. The average molecular weight is 533 g/mol. The molecule has 0 fully saturated rings. The van der Waals surface area contributed by atoms with Crippen molar-refractivity contribution >= 4 is 27.8 Å². The number of nitrogens with one attached hydrogen (secondary N) is 1. The standard InChI is InChI=1S/C27H21BrN2O5/c28-18-27(21-14-8-3-9-15-21,35-25(33)20-12-6-2-7-13-20)17-22-16-23(31)30(26(34)29-22)24(32)19-10-4-1-5-11-19/h1-16H,17-18H2,(H,29,34). The second kappa shape index (κ2) is 10.5. The van der Waals surface area contributed by atoms with E-state index in [-0.39, 0.29) is 23.0 Å². The summed E-state index contributed by atoms with van der Waals surface area (Å²) in [6, 6.07) is 26.8. The van der Waals surface area contributed by atoms with Gasteiger partial charge in [-0.2, -0.15) is 4.57 Å². The van der Waals surface area contributed by atoms with Crippen LogP contribution in [0.25, 0.3) is 0 Å². The molecule has 0 spiro atoms. The lowest BCUT2D eigenvalue weighted by Crippen LogP contribution is -2.42. The Morgan fingerprint density at radius 3 is 1.91 bits per heavy atom. The maximum absolute atomic E-state index is 13.0. The maximum atomic E-state index is 13.0. The van der Waals surface area contributed by atoms with Crippen molar-refractivity contribution in [2.45, 2.75) is 12.0 Å². The fourth-order valence-electron chi connectivity index (χ4n) is 3.75. The molecule has 0 radical (unpaired) electrons. The van der Waals surface area contributed by atoms with Gasteiger partial charge in [-0.3, -0.25) is 9.59 Å². The molecule has 1 heterocycles. The highest BCUT2D eigenvalue weighted by atomic mass is 79.9. The van der Waals surface area contributed by atoms with Crippen LogP contribution in [0.2, 0.25) is 0 Å². The van der Waals surface area contributed by atoms with Gasteiger partial charge in [0.15, 0.2) is 5.60 Å². The van der Waals surface area contributed by atoms with Crippen LogP contribution < -0.4 is 11.2 Å². The van der Waals surface area contributed by atoms with Crippen molar-refractivity contribution in [3.63, 3.8) is 0 Å². The smallest absolute Gasteiger partial charge is 0.339 e. The van der Waals surface area contributed by atoms with E-state index in [4.69, 9.17) is 4.74 Å². The third-order valence-corrected chi connectivity index (χ3v) is 6.41. The zero-order chi connectivity index (χ0) is 24.8. The number of halogens is 1. The number of ether oxygens (including phenoxy) is 1. The third kappa shape index (κ3) is 5.22. The van der Waals surface area contributed by atoms with Crippen molar-refractivity contribution in [3.8, 4) is 0 Å². The molecule has 0 aliphatic rings. The number of carbonyl (C=O) groups excluding carboxylic acids is 2. The maximum Gasteiger partial charge on any atom is 0.339 e. The molecule has 0 amide bonds. The predicted molar refractivity (Wildman–Crippen MR) is 135 cm³/mol. The lowest BCUT2D eigenvalue weighted by atomic mass is 9.90. The number of hydrogen-bond acceptors (Lipinski definition) is 5. The largest absolute Gasteiger partial charge is 0.449 e. The molecule has 4 aromatic rings. The highest BCUT2D eigenvalue weighted by Crippen LogP contribution is 2.32. The van der Waals surface area contributed by atoms with Gasteiger partial charge in [0.1, 0.15) is 0 Å². The molecule has 3 aromatic carbocycles. The number of aromatic nitrogens is 2. The van der Waals surface area contributed by atoms with Crippen LogP contribution in [0.4, 0.5) is 0 Å². The minimum Gasteiger partial charge on any atom is -0.449 e. The molecule has 0 saturated heterocycles. The fourth-order valence-corrected chi connectivity index (χ4v) is 4.39. The monoisotopic (exact) mass is 532 g/mol. The van der Waals surface area contributed by atoms with Crippen molar-refractivity contribution in [1.29, 1.82) is 0 Å². The van der Waals surface area contributed by atoms with Crippen molar-refractivity contribution < 1.29 is 14.3 Å². The summed E-state index contributed by atoms with van der Waals surface area (Å²) >= 11 is 3.47. The van der Waals surface area contributed by atoms with E-state index in [0.29, 0.717) is 15.7 Å². The summed E-state index contributed by atoms with van der Waals surface area (Å²) in [6.45, 7) is 0. The van der Waals surface area contributed by atoms with Crippen LogP contribution in [0, 0.1) is 0 Å². The van der Waals surface area contributed by atoms with Gasteiger partial charge in [-0.15, -0.1) is 0 Å². The summed E-state index contributed by atoms with van der Waals surface area (Å²) in [6.07, 6.45) is -0.00825. The van der Waals surface area contributed by atoms with Crippen LogP contribution in [0.3, 0.4) is 0 Å². The van der Waals surface area contributed by atoms with Crippen LogP contribution in [-0.4, -0.2) is 26.8 Å². The van der Waals surface area contributed by atoms with Gasteiger partial charge in [0, 0.05) is 29.1 Å². The van der Waals surface area contributed by atoms with E-state index in [9.17, 15) is 19.2 Å². The van der Waals surface area contributed by atoms with E-state index in [1.807, 2.05) is 18.2 Å². The second-order valence-electron chi connectivity index (χ2n) is 7.87. The Morgan fingerprint density at radius 2 is 1.37 bits per heavy atom. The van der Waals surface area contributed by atoms with Crippen LogP contribution >= 0.6 is 15.9 Å². The SMILES string of the molecule is O=C(OC(CBr)(Cc1cc(=O)n(C(=O)c2ccccc2)c(=O)[nH]1)c1ccccc1)c1ccccc1. The van der Waals surface area contributed by atoms with Crippen molar-refractivity contribution in [1.82, 2.24) is 9.55 Å². The van der Waals surface area contributed by atoms with Gasteiger partial charge in [-0.1, -0.05) is 82.7 Å². The summed E-state index contributed by atoms with van der Waals surface area (Å²) in [5, 5.41) is 0.191. The van der Waals surface area contributed by atoms with E-state index >= 15 is 0 Å². The third-order valence-electron chi connectivity index (χ3n) is 5.50. The minimum absolute atomic E-state index is 0.00825. The molecule has 176 valence electrons. The van der Waals surface area contributed by atoms with Gasteiger partial charge in [-0.05, 0) is 29.8 Å². The van der Waals surface area contributed by atoms with Crippen LogP contribution in [0.5, 0.6) is 0 Å². The van der Waals surface area contributed by atoms with Gasteiger partial charge in [0.05, 0.1) is 5.56 Å². The number of esters is 1. The number of nitrogens with zero attached hydrogens (tertiary/aromatic N) is 1. The van der Waals surface area contributed by atoms with Crippen LogP contribution in [0.1, 0.15) is 32.0 Å². The van der Waals surface area contributed by atoms with E-state index in [1.54, 1.807) is 60.7 Å². The predicted octanol–water partition coefficient (Wildman–Crippen LogP) is 3.92. The number of benzene rings is 3. The van der Waals surface area contributed by atoms with E-state index in [0.717, 1.165) is 0 Å². The van der Waals surface area contributed by atoms with Gasteiger partial charge in [0.2, 0.25) is 0 Å². The molecule has 4 rings (SSSR count). The zero-order valence-electron chi connectivity index (χ0n) is 18.5.